The summed E-state index contributed by atoms with van der Waals surface area (Å²) in [6, 6.07) is 6.02. The van der Waals surface area contributed by atoms with Crippen LogP contribution in [0.15, 0.2) is 57.2 Å². The number of hydrogen-bond acceptors (Lipinski definition) is 13. The van der Waals surface area contributed by atoms with Gasteiger partial charge in [0.15, 0.2) is 31.2 Å². The average Bonchev–Trinajstić information content (AvgIpc) is 3.71. The van der Waals surface area contributed by atoms with Crippen LogP contribution >= 0.6 is 34.3 Å². The van der Waals surface area contributed by atoms with E-state index in [0.717, 1.165) is 36.7 Å². The molecule has 0 aromatic carbocycles. The third kappa shape index (κ3) is 9.41. The molecule has 5 rings (SSSR count). The number of nitrogens with zero attached hydrogens (tertiary/aromatic N) is 5. The van der Waals surface area contributed by atoms with E-state index in [1.54, 1.807) is 12.1 Å². The molecule has 0 radical (unpaired) electrons. The fraction of sp³-hybridized carbons (Fsp3) is 0.514. The molecule has 5 heterocycles. The van der Waals surface area contributed by atoms with Crippen molar-refractivity contribution in [3.05, 3.63) is 74.0 Å². The van der Waals surface area contributed by atoms with Gasteiger partial charge in [0, 0.05) is 47.1 Å². The molecule has 0 bridgehead atoms. The van der Waals surface area contributed by atoms with E-state index in [4.69, 9.17) is 11.6 Å². The fourth-order valence-corrected chi connectivity index (χ4v) is 9.80. The summed E-state index contributed by atoms with van der Waals surface area (Å²) in [6.45, 7) is 19.9. The molecule has 16 heteroatoms. The quantitative estimate of drug-likeness (QED) is 0.140. The number of thiazole rings is 2. The molecule has 0 spiro atoms. The maximum Gasteiger partial charge on any atom is 0.192 e. The van der Waals surface area contributed by atoms with Crippen molar-refractivity contribution in [2.75, 3.05) is 18.0 Å². The van der Waals surface area contributed by atoms with E-state index < -0.39 is 35.0 Å². The minimum Gasteiger partial charge on any atom is -0.356 e. The van der Waals surface area contributed by atoms with Crippen LogP contribution in [0, 0.1) is 0 Å². The first-order valence-corrected chi connectivity index (χ1v) is 22.2. The first-order valence-electron chi connectivity index (χ1n) is 17.1. The zero-order valence-electron chi connectivity index (χ0n) is 31.9. The van der Waals surface area contributed by atoms with Gasteiger partial charge in [0.05, 0.1) is 34.0 Å². The van der Waals surface area contributed by atoms with Gasteiger partial charge < -0.3 is 4.90 Å². The summed E-state index contributed by atoms with van der Waals surface area (Å²) in [5.74, 6) is -0.00165. The molecule has 53 heavy (non-hydrogen) atoms. The molecule has 0 N–H and O–H groups in total. The lowest BCUT2D eigenvalue weighted by Crippen LogP contribution is -2.42. The van der Waals surface area contributed by atoms with Crippen LogP contribution in [0.2, 0.25) is 5.15 Å². The maximum atomic E-state index is 13.1. The van der Waals surface area contributed by atoms with Crippen LogP contribution in [0.4, 0.5) is 5.82 Å². The van der Waals surface area contributed by atoms with Gasteiger partial charge in [-0.2, -0.15) is 0 Å². The molecule has 0 amide bonds. The Morgan fingerprint density at radius 3 is 1.40 bits per heavy atom. The molecule has 288 valence electrons. The summed E-state index contributed by atoms with van der Waals surface area (Å²) in [5, 5.41) is 5.30. The number of carbonyl (C=O) groups is 2. The SMILES string of the molecule is CC(C)(C)c1csc(CC(=O)C(C)(C)S(=O)(=O)c2ccc(Cl)nc2)n1.CC(C)(C)c1csc(CC(=O)C(C)(C)S(=O)(=O)c2ccc(N3CCC3)nc2)n1. The highest BCUT2D eigenvalue weighted by molar-refractivity contribution is 7.94. The van der Waals surface area contributed by atoms with Gasteiger partial charge in [-0.25, -0.2) is 36.8 Å². The van der Waals surface area contributed by atoms with E-state index in [2.05, 4.69) is 45.6 Å². The zero-order valence-corrected chi connectivity index (χ0v) is 35.9. The molecule has 0 aliphatic carbocycles. The van der Waals surface area contributed by atoms with Gasteiger partial charge in [-0.1, -0.05) is 53.1 Å². The van der Waals surface area contributed by atoms with E-state index in [1.165, 1.54) is 74.9 Å². The predicted octanol–water partition coefficient (Wildman–Crippen LogP) is 7.26. The Hall–Kier alpha value is -3.11. The lowest BCUT2D eigenvalue weighted by molar-refractivity contribution is -0.120. The number of Topliss-reactive ketones (excluding diaryl/α,β-unsaturated/α-hetero) is 2. The molecule has 1 saturated heterocycles. The summed E-state index contributed by atoms with van der Waals surface area (Å²) in [4.78, 5) is 44.8. The standard InChI is InChI=1S/C20H27N3O3S2.C17H21ClN2O3S2/c1-19(2,3)15-13-27-18(22-15)11-16(24)20(4,5)28(25,26)14-7-8-17(21-12-14)23-9-6-10-23;1-16(2,3)12-10-24-15(20-12)8-13(21)17(4,5)25(22,23)11-6-7-14(18)19-9-11/h7-8,12-13H,6,9-11H2,1-5H3;6-7,9-10H,8H2,1-5H3. The second-order valence-corrected chi connectivity index (χ2v) is 23.3. The molecule has 4 aromatic heterocycles. The number of pyridine rings is 2. The van der Waals surface area contributed by atoms with Gasteiger partial charge in [0.25, 0.3) is 0 Å². The van der Waals surface area contributed by atoms with Crippen LogP contribution in [0.25, 0.3) is 0 Å². The molecular formula is C37H48ClN5O6S4. The number of sulfone groups is 2. The third-order valence-corrected chi connectivity index (χ3v) is 16.0. The average molecular weight is 823 g/mol. The van der Waals surface area contributed by atoms with Crippen molar-refractivity contribution in [3.8, 4) is 0 Å². The minimum atomic E-state index is -3.89. The van der Waals surface area contributed by atoms with Gasteiger partial charge in [-0.3, -0.25) is 9.59 Å². The Balaban J connectivity index is 0.000000238. The molecule has 11 nitrogen and oxygen atoms in total. The van der Waals surface area contributed by atoms with E-state index in [9.17, 15) is 26.4 Å². The van der Waals surface area contributed by atoms with E-state index >= 15 is 0 Å². The van der Waals surface area contributed by atoms with Crippen LogP contribution in [-0.2, 0) is 52.9 Å². The van der Waals surface area contributed by atoms with Crippen molar-refractivity contribution in [1.29, 1.82) is 0 Å². The molecule has 1 fully saturated rings. The van der Waals surface area contributed by atoms with Crippen LogP contribution in [0.1, 0.15) is 97.1 Å². The number of ketones is 2. The first-order chi connectivity index (χ1) is 24.3. The van der Waals surface area contributed by atoms with Crippen molar-refractivity contribution in [3.63, 3.8) is 0 Å². The largest absolute Gasteiger partial charge is 0.356 e. The summed E-state index contributed by atoms with van der Waals surface area (Å²) in [6.07, 6.45) is 3.64. The van der Waals surface area contributed by atoms with Crippen LogP contribution < -0.4 is 4.90 Å². The zero-order chi connectivity index (χ0) is 39.8. The lowest BCUT2D eigenvalue weighted by atomic mass is 9.93. The Labute approximate surface area is 326 Å². The molecule has 0 atom stereocenters. The molecule has 1 aliphatic heterocycles. The summed E-state index contributed by atoms with van der Waals surface area (Å²) in [5.41, 5.74) is 1.58. The number of anilines is 1. The van der Waals surface area contributed by atoms with Gasteiger partial charge in [0.1, 0.15) is 30.5 Å². The van der Waals surface area contributed by atoms with Gasteiger partial charge in [0.2, 0.25) is 0 Å². The second-order valence-electron chi connectivity index (χ2n) is 16.0. The van der Waals surface area contributed by atoms with Crippen molar-refractivity contribution >= 4 is 71.3 Å². The highest BCUT2D eigenvalue weighted by Gasteiger charge is 2.44. The Morgan fingerprint density at radius 1 is 0.679 bits per heavy atom. The Kier molecular flexibility index (Phi) is 12.5. The van der Waals surface area contributed by atoms with Gasteiger partial charge >= 0.3 is 0 Å². The van der Waals surface area contributed by atoms with Crippen LogP contribution in [0.5, 0.6) is 0 Å². The van der Waals surface area contributed by atoms with Crippen molar-refractivity contribution < 1.29 is 26.4 Å². The predicted molar refractivity (Wildman–Crippen MR) is 212 cm³/mol. The van der Waals surface area contributed by atoms with Crippen LogP contribution in [0.3, 0.4) is 0 Å². The van der Waals surface area contributed by atoms with Crippen molar-refractivity contribution in [2.24, 2.45) is 0 Å². The monoisotopic (exact) mass is 821 g/mol. The minimum absolute atomic E-state index is 0.00622. The van der Waals surface area contributed by atoms with Crippen molar-refractivity contribution in [2.45, 2.75) is 119 Å². The highest BCUT2D eigenvalue weighted by atomic mass is 35.5. The topological polar surface area (TPSA) is 157 Å². The summed E-state index contributed by atoms with van der Waals surface area (Å²) >= 11 is 8.47. The van der Waals surface area contributed by atoms with Crippen molar-refractivity contribution in [1.82, 2.24) is 19.9 Å². The number of carbonyl (C=O) groups excluding carboxylic acids is 2. The van der Waals surface area contributed by atoms with Gasteiger partial charge in [-0.15, -0.1) is 22.7 Å². The summed E-state index contributed by atoms with van der Waals surface area (Å²) < 4.78 is 48.8. The highest BCUT2D eigenvalue weighted by Crippen LogP contribution is 2.32. The number of halogens is 1. The Bertz CT molecular complexity index is 2160. The fourth-order valence-electron chi connectivity index (χ4n) is 4.85. The normalized spacial score (nSPS) is 14.3. The number of rotatable bonds is 11. The first kappa shape index (κ1) is 42.6. The molecule has 0 unspecified atom stereocenters. The molecule has 0 saturated carbocycles. The maximum absolute atomic E-state index is 13.1. The molecule has 1 aliphatic rings. The lowest BCUT2D eigenvalue weighted by Gasteiger charge is -2.32. The van der Waals surface area contributed by atoms with Gasteiger partial charge in [-0.05, 0) is 58.4 Å². The number of aromatic nitrogens is 4. The number of hydrogen-bond donors (Lipinski definition) is 0. The summed E-state index contributed by atoms with van der Waals surface area (Å²) in [7, 11) is -7.75. The van der Waals surface area contributed by atoms with E-state index in [1.807, 2.05) is 31.5 Å². The molecule has 4 aromatic rings. The molecular weight excluding hydrogens is 774 g/mol. The second kappa shape index (κ2) is 15.6. The van der Waals surface area contributed by atoms with Crippen LogP contribution in [-0.4, -0.2) is 70.9 Å². The van der Waals surface area contributed by atoms with E-state index in [0.29, 0.717) is 10.0 Å². The third-order valence-electron chi connectivity index (χ3n) is 9.17. The van der Waals surface area contributed by atoms with E-state index in [-0.39, 0.29) is 44.4 Å². The Morgan fingerprint density at radius 2 is 1.09 bits per heavy atom. The smallest absolute Gasteiger partial charge is 0.192 e.